The van der Waals surface area contributed by atoms with E-state index in [9.17, 15) is 14.7 Å². The average Bonchev–Trinajstić information content (AvgIpc) is 3.08. The van der Waals surface area contributed by atoms with E-state index >= 15 is 0 Å². The number of rotatable bonds is 2. The fraction of sp³-hybridized carbons (Fsp3) is 0.529. The molecule has 4 heterocycles. The quantitative estimate of drug-likeness (QED) is 0.772. The summed E-state index contributed by atoms with van der Waals surface area (Å²) in [5.41, 5.74) is -1.63. The molecular weight excluding hydrogens is 326 g/mol. The van der Waals surface area contributed by atoms with Crippen molar-refractivity contribution in [2.24, 2.45) is 11.8 Å². The summed E-state index contributed by atoms with van der Waals surface area (Å²) < 4.78 is 11.0. The summed E-state index contributed by atoms with van der Waals surface area (Å²) in [6, 6.07) is 3.34. The van der Waals surface area contributed by atoms with Gasteiger partial charge in [-0.1, -0.05) is 0 Å². The molecule has 0 saturated carbocycles. The Morgan fingerprint density at radius 1 is 1.40 bits per heavy atom. The predicted octanol–water partition coefficient (Wildman–Crippen LogP) is 0.380. The lowest BCUT2D eigenvalue weighted by molar-refractivity contribution is -0.132. The van der Waals surface area contributed by atoms with Gasteiger partial charge < -0.3 is 14.6 Å². The zero-order chi connectivity index (χ0) is 18.1. The molecule has 3 saturated heterocycles. The number of imide groups is 1. The Labute approximate surface area is 144 Å². The molecule has 8 nitrogen and oxygen atoms in total. The monoisotopic (exact) mass is 343 g/mol. The third-order valence-electron chi connectivity index (χ3n) is 5.72. The van der Waals surface area contributed by atoms with Crippen molar-refractivity contribution < 1.29 is 24.2 Å². The highest BCUT2D eigenvalue weighted by Crippen LogP contribution is 2.60. The average molecular weight is 343 g/mol. The first kappa shape index (κ1) is 16.0. The smallest absolute Gasteiger partial charge is 0.240 e. The van der Waals surface area contributed by atoms with E-state index in [0.29, 0.717) is 6.42 Å². The molecule has 2 amide bonds. The number of anilines is 1. The minimum Gasteiger partial charge on any atom is -0.494 e. The van der Waals surface area contributed by atoms with Crippen LogP contribution in [0.25, 0.3) is 0 Å². The number of nitrogens with zero attached hydrogens (tertiary/aromatic N) is 3. The lowest BCUT2D eigenvalue weighted by Gasteiger charge is -2.31. The largest absolute Gasteiger partial charge is 0.494 e. The molecule has 1 aromatic rings. The van der Waals surface area contributed by atoms with Crippen molar-refractivity contribution in [3.8, 4) is 11.8 Å². The number of amides is 2. The van der Waals surface area contributed by atoms with Crippen molar-refractivity contribution in [3.05, 3.63) is 18.0 Å². The van der Waals surface area contributed by atoms with Crippen LogP contribution in [0.15, 0.2) is 12.3 Å². The standard InChI is InChI=1S/C17H17N3O5/c1-16-5-11(21)17(2,25-16)13-12(16)14(22)20(15(13)23)8-4-10(24-3)9(6-18)19-7-8/h4,7,11-13,21H,5H2,1-3H3/t11-,12+,13-,16+,17-/m0/s1. The summed E-state index contributed by atoms with van der Waals surface area (Å²) in [6.45, 7) is 3.44. The number of aliphatic hydroxyl groups excluding tert-OH is 1. The van der Waals surface area contributed by atoms with Gasteiger partial charge in [-0.05, 0) is 13.8 Å². The molecule has 0 aromatic carbocycles. The highest BCUT2D eigenvalue weighted by atomic mass is 16.6. The van der Waals surface area contributed by atoms with Gasteiger partial charge in [0.1, 0.15) is 11.7 Å². The number of aromatic nitrogens is 1. The molecule has 1 aromatic heterocycles. The highest BCUT2D eigenvalue weighted by molar-refractivity contribution is 6.23. The molecule has 3 aliphatic heterocycles. The molecule has 0 radical (unpaired) electrons. The molecule has 0 unspecified atom stereocenters. The normalized spacial score (nSPS) is 38.8. The molecule has 130 valence electrons. The molecule has 4 rings (SSSR count). The molecule has 25 heavy (non-hydrogen) atoms. The number of nitriles is 1. The zero-order valence-electron chi connectivity index (χ0n) is 14.0. The Morgan fingerprint density at radius 2 is 2.08 bits per heavy atom. The van der Waals surface area contributed by atoms with Gasteiger partial charge >= 0.3 is 0 Å². The lowest BCUT2D eigenvalue weighted by atomic mass is 9.67. The van der Waals surface area contributed by atoms with E-state index in [1.165, 1.54) is 19.4 Å². The topological polar surface area (TPSA) is 113 Å². The molecule has 3 aliphatic rings. The number of pyridine rings is 1. The van der Waals surface area contributed by atoms with Crippen LogP contribution in [0.2, 0.25) is 0 Å². The van der Waals surface area contributed by atoms with Crippen LogP contribution in [-0.4, -0.2) is 46.3 Å². The summed E-state index contributed by atoms with van der Waals surface area (Å²) in [7, 11) is 1.39. The van der Waals surface area contributed by atoms with Gasteiger partial charge in [0.2, 0.25) is 11.8 Å². The fourth-order valence-electron chi connectivity index (χ4n) is 4.57. The van der Waals surface area contributed by atoms with Crippen LogP contribution in [-0.2, 0) is 14.3 Å². The summed E-state index contributed by atoms with van der Waals surface area (Å²) in [6.07, 6.45) is 0.818. The van der Waals surface area contributed by atoms with Crippen molar-refractivity contribution in [1.82, 2.24) is 4.98 Å². The summed E-state index contributed by atoms with van der Waals surface area (Å²) >= 11 is 0. The van der Waals surface area contributed by atoms with Gasteiger partial charge in [0.05, 0.1) is 42.5 Å². The third-order valence-corrected chi connectivity index (χ3v) is 5.72. The van der Waals surface area contributed by atoms with Gasteiger partial charge in [-0.25, -0.2) is 9.88 Å². The van der Waals surface area contributed by atoms with Crippen LogP contribution in [0.5, 0.6) is 5.75 Å². The van der Waals surface area contributed by atoms with E-state index in [2.05, 4.69) is 4.98 Å². The van der Waals surface area contributed by atoms with E-state index in [1.807, 2.05) is 6.07 Å². The summed E-state index contributed by atoms with van der Waals surface area (Å²) in [5.74, 6) is -1.99. The Hall–Kier alpha value is -2.50. The first-order chi connectivity index (χ1) is 11.8. The predicted molar refractivity (Wildman–Crippen MR) is 83.5 cm³/mol. The Kier molecular flexibility index (Phi) is 3.05. The number of methoxy groups -OCH3 is 1. The number of hydrogen-bond acceptors (Lipinski definition) is 7. The maximum absolute atomic E-state index is 13.0. The van der Waals surface area contributed by atoms with Gasteiger partial charge in [0.25, 0.3) is 0 Å². The van der Waals surface area contributed by atoms with Crippen molar-refractivity contribution in [1.29, 1.82) is 5.26 Å². The van der Waals surface area contributed by atoms with Gasteiger partial charge in [-0.3, -0.25) is 9.59 Å². The zero-order valence-corrected chi connectivity index (χ0v) is 14.0. The molecule has 1 N–H and O–H groups in total. The maximum atomic E-state index is 13.0. The molecule has 5 atom stereocenters. The number of carbonyl (C=O) groups excluding carboxylic acids is 2. The van der Waals surface area contributed by atoms with Crippen LogP contribution in [0.3, 0.4) is 0 Å². The Morgan fingerprint density at radius 3 is 2.72 bits per heavy atom. The molecular formula is C17H17N3O5. The second kappa shape index (κ2) is 4.77. The van der Waals surface area contributed by atoms with E-state index in [1.54, 1.807) is 13.8 Å². The second-order valence-corrected chi connectivity index (χ2v) is 7.14. The number of hydrogen-bond donors (Lipinski definition) is 1. The number of fused-ring (bicyclic) bond motifs is 5. The molecule has 2 bridgehead atoms. The summed E-state index contributed by atoms with van der Waals surface area (Å²) in [5, 5.41) is 19.4. The Balaban J connectivity index is 1.79. The molecule has 3 fully saturated rings. The molecule has 0 spiro atoms. The van der Waals surface area contributed by atoms with Crippen LogP contribution >= 0.6 is 0 Å². The number of ether oxygens (including phenoxy) is 2. The van der Waals surface area contributed by atoms with Crippen molar-refractivity contribution in [2.75, 3.05) is 12.0 Å². The highest BCUT2D eigenvalue weighted by Gasteiger charge is 2.75. The van der Waals surface area contributed by atoms with Gasteiger partial charge in [-0.15, -0.1) is 0 Å². The fourth-order valence-corrected chi connectivity index (χ4v) is 4.57. The second-order valence-electron chi connectivity index (χ2n) is 7.14. The minimum absolute atomic E-state index is 0.0725. The van der Waals surface area contributed by atoms with Gasteiger partial charge in [0, 0.05) is 12.5 Å². The number of aliphatic hydroxyl groups is 1. The third kappa shape index (κ3) is 1.79. The van der Waals surface area contributed by atoms with Crippen molar-refractivity contribution >= 4 is 17.5 Å². The van der Waals surface area contributed by atoms with E-state index in [4.69, 9.17) is 14.7 Å². The Bertz CT molecular complexity index is 849. The van der Waals surface area contributed by atoms with Crippen LogP contribution < -0.4 is 9.64 Å². The molecule has 8 heteroatoms. The van der Waals surface area contributed by atoms with Gasteiger partial charge in [-0.2, -0.15) is 5.26 Å². The van der Waals surface area contributed by atoms with Crippen LogP contribution in [0, 0.1) is 23.2 Å². The van der Waals surface area contributed by atoms with Gasteiger partial charge in [0.15, 0.2) is 11.4 Å². The first-order valence-electron chi connectivity index (χ1n) is 7.97. The van der Waals surface area contributed by atoms with Crippen molar-refractivity contribution in [3.63, 3.8) is 0 Å². The van der Waals surface area contributed by atoms with Crippen molar-refractivity contribution in [2.45, 2.75) is 37.6 Å². The summed E-state index contributed by atoms with van der Waals surface area (Å²) in [4.78, 5) is 31.1. The van der Waals surface area contributed by atoms with Crippen LogP contribution in [0.1, 0.15) is 26.0 Å². The molecule has 0 aliphatic carbocycles. The van der Waals surface area contributed by atoms with E-state index < -0.39 is 35.0 Å². The van der Waals surface area contributed by atoms with E-state index in [0.717, 1.165) is 4.90 Å². The SMILES string of the molecule is COc1cc(N2C(=O)[C@@H]3[C@H](C2=O)[C@@]2(C)C[C@H](O)[C@]3(C)O2)cnc1C#N. The van der Waals surface area contributed by atoms with Crippen LogP contribution in [0.4, 0.5) is 5.69 Å². The minimum atomic E-state index is -1.08. The maximum Gasteiger partial charge on any atom is 0.240 e. The van der Waals surface area contributed by atoms with E-state index in [-0.39, 0.29) is 23.0 Å². The first-order valence-corrected chi connectivity index (χ1v) is 7.97. The lowest BCUT2D eigenvalue weighted by Crippen LogP contribution is -2.49. The number of carbonyl (C=O) groups is 2.